The fraction of sp³-hybridized carbons (Fsp3) is 0.102. The van der Waals surface area contributed by atoms with Gasteiger partial charge in [-0.2, -0.15) is 0 Å². The number of aromatic nitrogens is 12. The van der Waals surface area contributed by atoms with Crippen LogP contribution in [-0.4, -0.2) is 100 Å². The van der Waals surface area contributed by atoms with E-state index in [1.807, 2.05) is 253 Å². The van der Waals surface area contributed by atoms with Crippen molar-refractivity contribution in [2.45, 2.75) is 66.6 Å². The van der Waals surface area contributed by atoms with Gasteiger partial charge in [-0.05, 0) is 309 Å². The predicted molar refractivity (Wildman–Crippen MR) is 495 cm³/mol. The normalized spacial score (nSPS) is 12.4. The van der Waals surface area contributed by atoms with E-state index in [1.165, 1.54) is 97.1 Å². The summed E-state index contributed by atoms with van der Waals surface area (Å²) in [5.41, 5.74) is 17.3. The number of hydrogen-bond donors (Lipinski definition) is 4. The molecule has 10 aromatic carbocycles. The summed E-state index contributed by atoms with van der Waals surface area (Å²) in [7, 11) is -0.530. The smallest absolute Gasteiger partial charge is 0.399 e. The highest BCUT2D eigenvalue weighted by molar-refractivity contribution is 9.10. The number of carbonyl (C=O) groups excluding carboxylic acids is 4. The Hall–Kier alpha value is -14.7. The summed E-state index contributed by atoms with van der Waals surface area (Å²) in [4.78, 5) is 51.2. The van der Waals surface area contributed by atoms with Crippen molar-refractivity contribution in [1.29, 1.82) is 0 Å². The van der Waals surface area contributed by atoms with Crippen LogP contribution >= 0.6 is 39.1 Å². The van der Waals surface area contributed by atoms with Gasteiger partial charge in [0.2, 0.25) is 10.6 Å². The van der Waals surface area contributed by atoms with E-state index in [2.05, 4.69) is 78.0 Å². The number of nitrogens with one attached hydrogen (secondary N) is 4. The molecule has 1 fully saturated rings. The van der Waals surface area contributed by atoms with Crippen molar-refractivity contribution in [1.82, 2.24) is 58.4 Å². The Morgan fingerprint density at radius 1 is 0.328 bits per heavy atom. The predicted octanol–water partition coefficient (Wildman–Crippen LogP) is 22.1. The lowest BCUT2D eigenvalue weighted by Gasteiger charge is -2.32. The summed E-state index contributed by atoms with van der Waals surface area (Å²) in [5, 5.41) is 45.1. The Morgan fingerprint density at radius 2 is 0.617 bits per heavy atom. The number of rotatable bonds is 14. The average molecular weight is 1810 g/mol. The maximum atomic E-state index is 13.2. The number of hydrogen-bond acceptors (Lipinski definition) is 14. The van der Waals surface area contributed by atoms with E-state index < -0.39 is 18.3 Å². The zero-order valence-electron chi connectivity index (χ0n) is 69.9. The number of amides is 4. The summed E-state index contributed by atoms with van der Waals surface area (Å²) in [6.07, 6.45) is 7.44. The van der Waals surface area contributed by atoms with Gasteiger partial charge in [-0.1, -0.05) is 109 Å². The Balaban J connectivity index is 0.000000126. The number of aryl methyl sites for hydroxylation is 4. The summed E-state index contributed by atoms with van der Waals surface area (Å²) in [6.45, 7) is 15.5. The molecule has 0 spiro atoms. The maximum Gasteiger partial charge on any atom is 0.494 e. The molecular formula is C98H78BBrCl2F4N16O6. The molecule has 1 aliphatic rings. The molecule has 1 aliphatic heterocycles. The molecule has 0 atom stereocenters. The first-order chi connectivity index (χ1) is 61.6. The third-order valence-electron chi connectivity index (χ3n) is 21.5. The third kappa shape index (κ3) is 20.0. The van der Waals surface area contributed by atoms with E-state index in [1.54, 1.807) is 27.1 Å². The molecule has 0 unspecified atom stereocenters. The first-order valence-corrected chi connectivity index (χ1v) is 41.6. The molecule has 128 heavy (non-hydrogen) atoms. The van der Waals surface area contributed by atoms with Crippen LogP contribution in [0.3, 0.4) is 0 Å². The monoisotopic (exact) mass is 1810 g/mol. The molecule has 0 aliphatic carbocycles. The minimum Gasteiger partial charge on any atom is -0.399 e. The second-order valence-corrected chi connectivity index (χ2v) is 32.2. The summed E-state index contributed by atoms with van der Waals surface area (Å²) >= 11 is 15.1. The van der Waals surface area contributed by atoms with Gasteiger partial charge in [0.1, 0.15) is 23.3 Å². The van der Waals surface area contributed by atoms with Crippen LogP contribution in [0.15, 0.2) is 308 Å². The summed E-state index contributed by atoms with van der Waals surface area (Å²) in [5.74, 6) is -0.931. The van der Waals surface area contributed by atoms with Gasteiger partial charge in [0.15, 0.2) is 34.2 Å². The van der Waals surface area contributed by atoms with Gasteiger partial charge >= 0.3 is 7.12 Å². The lowest BCUT2D eigenvalue weighted by Crippen LogP contribution is -2.41. The molecule has 4 N–H and O–H groups in total. The number of benzene rings is 10. The second kappa shape index (κ2) is 38.4. The van der Waals surface area contributed by atoms with Gasteiger partial charge in [-0.25, -0.2) is 17.6 Å². The van der Waals surface area contributed by atoms with E-state index in [0.717, 1.165) is 94.0 Å². The highest BCUT2D eigenvalue weighted by atomic mass is 79.9. The van der Waals surface area contributed by atoms with Crippen LogP contribution < -0.4 is 26.7 Å². The fourth-order valence-electron chi connectivity index (χ4n) is 13.9. The van der Waals surface area contributed by atoms with E-state index in [9.17, 15) is 36.7 Å². The van der Waals surface area contributed by atoms with Crippen molar-refractivity contribution < 1.29 is 46.0 Å². The lowest BCUT2D eigenvalue weighted by molar-refractivity contribution is 0.00578. The van der Waals surface area contributed by atoms with Crippen molar-refractivity contribution in [3.63, 3.8) is 0 Å². The first-order valence-electron chi connectivity index (χ1n) is 40.1. The van der Waals surface area contributed by atoms with Crippen molar-refractivity contribution in [3.05, 3.63) is 387 Å². The van der Waals surface area contributed by atoms with Gasteiger partial charge < -0.3 is 30.6 Å². The van der Waals surface area contributed by atoms with Crippen LogP contribution in [0.1, 0.15) is 91.4 Å². The third-order valence-corrected chi connectivity index (χ3v) is 22.6. The average Bonchev–Trinajstić information content (AvgIpc) is 1.60. The summed E-state index contributed by atoms with van der Waals surface area (Å²) in [6, 6.07) is 80.4. The number of fused-ring (bicyclic) bond motifs is 4. The molecular weight excluding hydrogens is 1730 g/mol. The maximum absolute atomic E-state index is 13.2. The molecule has 30 heteroatoms. The van der Waals surface area contributed by atoms with Gasteiger partial charge in [0.25, 0.3) is 23.6 Å². The first kappa shape index (κ1) is 88.2. The van der Waals surface area contributed by atoms with Crippen molar-refractivity contribution in [2.75, 3.05) is 21.3 Å². The van der Waals surface area contributed by atoms with Gasteiger partial charge in [-0.3, -0.25) is 36.8 Å². The van der Waals surface area contributed by atoms with Crippen molar-refractivity contribution in [3.8, 4) is 56.2 Å². The minimum absolute atomic E-state index is 0.255. The van der Waals surface area contributed by atoms with Crippen LogP contribution in [0, 0.1) is 51.0 Å². The van der Waals surface area contributed by atoms with Crippen LogP contribution in [0.4, 0.5) is 40.3 Å². The van der Waals surface area contributed by atoms with Crippen LogP contribution in [0.25, 0.3) is 78.7 Å². The second-order valence-electron chi connectivity index (χ2n) is 30.7. The minimum atomic E-state index is -0.530. The molecule has 638 valence electrons. The van der Waals surface area contributed by atoms with Gasteiger partial charge in [0.05, 0.1) is 15.7 Å². The van der Waals surface area contributed by atoms with E-state index in [4.69, 9.17) is 32.5 Å². The molecule has 0 radical (unpaired) electrons. The zero-order chi connectivity index (χ0) is 90.1. The number of halogens is 7. The molecule has 9 heterocycles. The standard InChI is InChI=1S/2C26H19FN4O.C20H23BFNO3.C20H14ClFN4O.C6H3BrClN3/c2*1-17-9-10-19(16-23(17)26(32)28-21-13-11-20(27)12-14-21)22-8-5-15-31-24(29-30-25(22)31)18-6-3-2-4-7-18;1-13-6-7-14(21-25-19(2,3)20(4,5)26-21)12-17(13)18(24)23-16-10-8-15(22)9-11-16;1-12-4-5-13(16-3-2-10-26-18(16)24-25-20(26)21)11-17(12)19(27)23-15-8-6-14(22)7-9-15;7-4-2-1-3-11-5(4)9-10-6(11)8/h2*2-16H,1H3,(H,28,32);6-12H,1-5H3,(H,23,24);2-11H,1H3,(H,23,27);1-3H. The van der Waals surface area contributed by atoms with Crippen molar-refractivity contribution >= 4 is 121 Å². The lowest BCUT2D eigenvalue weighted by atomic mass is 9.77. The summed E-state index contributed by atoms with van der Waals surface area (Å²) < 4.78 is 72.7. The Kier molecular flexibility index (Phi) is 26.5. The highest BCUT2D eigenvalue weighted by Crippen LogP contribution is 2.38. The highest BCUT2D eigenvalue weighted by Gasteiger charge is 2.52. The molecule has 18 aromatic rings. The Bertz CT molecular complexity index is 6920. The van der Waals surface area contributed by atoms with E-state index >= 15 is 0 Å². The van der Waals surface area contributed by atoms with Gasteiger partial charge in [0, 0.05) is 97.6 Å². The molecule has 0 bridgehead atoms. The molecule has 22 nitrogen and oxygen atoms in total. The Morgan fingerprint density at radius 3 is 0.961 bits per heavy atom. The van der Waals surface area contributed by atoms with Crippen LogP contribution in [0.2, 0.25) is 10.6 Å². The topological polar surface area (TPSA) is 256 Å². The molecule has 19 rings (SSSR count). The van der Waals surface area contributed by atoms with E-state index in [-0.39, 0.29) is 52.2 Å². The molecule has 4 amide bonds. The molecule has 0 saturated carbocycles. The fourth-order valence-corrected chi connectivity index (χ4v) is 14.6. The van der Waals surface area contributed by atoms with Crippen LogP contribution in [0.5, 0.6) is 0 Å². The molecule has 8 aromatic heterocycles. The quantitative estimate of drug-likeness (QED) is 0.0583. The largest absolute Gasteiger partial charge is 0.494 e. The SMILES string of the molecule is Cc1ccc(-c2cccn3c(-c4ccccc4)nnc23)cc1C(=O)Nc1ccc(F)cc1.Cc1ccc(-c2cccn3c(-c4ccccc4)nnc23)cc1C(=O)Nc1ccc(F)cc1.Cc1ccc(-c2cccn3c(Cl)nnc23)cc1C(=O)Nc1ccc(F)cc1.Cc1ccc(B2OC(C)(C)C(C)(C)O2)cc1C(=O)Nc1ccc(F)cc1.Clc1nnc2c(Br)cccn12. The number of carbonyl (C=O) groups is 4. The number of pyridine rings is 4. The zero-order valence-corrected chi connectivity index (χ0v) is 73.0. The van der Waals surface area contributed by atoms with Gasteiger partial charge in [-0.15, -0.1) is 40.8 Å². The van der Waals surface area contributed by atoms with Crippen LogP contribution in [-0.2, 0) is 9.31 Å². The number of anilines is 4. The number of nitrogens with zero attached hydrogens (tertiary/aromatic N) is 12. The van der Waals surface area contributed by atoms with E-state index in [0.29, 0.717) is 67.2 Å². The molecule has 1 saturated heterocycles. The Labute approximate surface area is 751 Å². The van der Waals surface area contributed by atoms with Crippen molar-refractivity contribution in [2.24, 2.45) is 0 Å².